The topological polar surface area (TPSA) is 73.6 Å². The van der Waals surface area contributed by atoms with Crippen LogP contribution in [0.2, 0.25) is 0 Å². The standard InChI is InChI=1S/C16H26N2O3/c1-5-9-18-16(19)12(3)21-15-13(10-11(2)17)7-6-8-14(15)20-4/h6-8,11-12H,5,9-10,17H2,1-4H3,(H,18,19). The van der Waals surface area contributed by atoms with E-state index in [2.05, 4.69) is 5.32 Å². The molecule has 0 aliphatic rings. The summed E-state index contributed by atoms with van der Waals surface area (Å²) >= 11 is 0. The number of benzene rings is 1. The molecule has 1 amide bonds. The van der Waals surface area contributed by atoms with Gasteiger partial charge >= 0.3 is 0 Å². The lowest BCUT2D eigenvalue weighted by Gasteiger charge is -2.20. The van der Waals surface area contributed by atoms with Gasteiger partial charge in [-0.2, -0.15) is 0 Å². The highest BCUT2D eigenvalue weighted by Crippen LogP contribution is 2.32. The Bertz CT molecular complexity index is 461. The summed E-state index contributed by atoms with van der Waals surface area (Å²) in [5, 5.41) is 2.82. The Morgan fingerprint density at radius 3 is 2.67 bits per heavy atom. The number of ether oxygens (including phenoxy) is 2. The van der Waals surface area contributed by atoms with E-state index in [4.69, 9.17) is 15.2 Å². The molecule has 0 saturated carbocycles. The van der Waals surface area contributed by atoms with Crippen LogP contribution in [-0.4, -0.2) is 31.7 Å². The van der Waals surface area contributed by atoms with Gasteiger partial charge in [0.2, 0.25) is 0 Å². The molecule has 0 saturated heterocycles. The molecule has 0 aliphatic carbocycles. The minimum absolute atomic E-state index is 0.00341. The Kier molecular flexibility index (Phi) is 7.02. The van der Waals surface area contributed by atoms with Crippen molar-refractivity contribution in [2.24, 2.45) is 5.73 Å². The third kappa shape index (κ3) is 5.27. The molecule has 5 heteroatoms. The molecule has 1 aromatic carbocycles. The molecule has 0 bridgehead atoms. The zero-order valence-electron chi connectivity index (χ0n) is 13.3. The lowest BCUT2D eigenvalue weighted by atomic mass is 10.1. The number of rotatable bonds is 8. The van der Waals surface area contributed by atoms with E-state index in [-0.39, 0.29) is 11.9 Å². The maximum Gasteiger partial charge on any atom is 0.260 e. The summed E-state index contributed by atoms with van der Waals surface area (Å²) in [5.41, 5.74) is 6.81. The van der Waals surface area contributed by atoms with Crippen LogP contribution in [0.4, 0.5) is 0 Å². The number of carbonyl (C=O) groups excluding carboxylic acids is 1. The number of para-hydroxylation sites is 1. The molecular weight excluding hydrogens is 268 g/mol. The molecule has 1 aromatic rings. The van der Waals surface area contributed by atoms with E-state index in [1.54, 1.807) is 14.0 Å². The number of carbonyl (C=O) groups is 1. The van der Waals surface area contributed by atoms with Crippen molar-refractivity contribution in [3.63, 3.8) is 0 Å². The average Bonchev–Trinajstić information content (AvgIpc) is 2.45. The first-order valence-corrected chi connectivity index (χ1v) is 7.35. The first kappa shape index (κ1) is 17.3. The maximum atomic E-state index is 11.9. The van der Waals surface area contributed by atoms with Crippen molar-refractivity contribution in [2.75, 3.05) is 13.7 Å². The molecular formula is C16H26N2O3. The van der Waals surface area contributed by atoms with Crippen LogP contribution in [0.1, 0.15) is 32.8 Å². The quantitative estimate of drug-likeness (QED) is 0.768. The Hall–Kier alpha value is -1.75. The third-order valence-electron chi connectivity index (χ3n) is 3.04. The number of nitrogens with two attached hydrogens (primary N) is 1. The van der Waals surface area contributed by atoms with Crippen molar-refractivity contribution in [2.45, 2.75) is 45.8 Å². The van der Waals surface area contributed by atoms with Gasteiger partial charge in [0, 0.05) is 12.6 Å². The molecule has 3 N–H and O–H groups in total. The minimum Gasteiger partial charge on any atom is -0.493 e. The average molecular weight is 294 g/mol. The number of amides is 1. The Morgan fingerprint density at radius 2 is 2.10 bits per heavy atom. The van der Waals surface area contributed by atoms with Gasteiger partial charge in [0.25, 0.3) is 5.91 Å². The van der Waals surface area contributed by atoms with Crippen LogP contribution < -0.4 is 20.5 Å². The molecule has 0 aliphatic heterocycles. The summed E-state index contributed by atoms with van der Waals surface area (Å²) in [7, 11) is 1.58. The largest absolute Gasteiger partial charge is 0.493 e. The van der Waals surface area contributed by atoms with Crippen LogP contribution in [0.15, 0.2) is 18.2 Å². The van der Waals surface area contributed by atoms with Gasteiger partial charge in [-0.25, -0.2) is 0 Å². The Balaban J connectivity index is 2.91. The predicted octanol–water partition coefficient (Wildman–Crippen LogP) is 1.88. The number of nitrogens with one attached hydrogen (secondary N) is 1. The van der Waals surface area contributed by atoms with E-state index >= 15 is 0 Å². The smallest absolute Gasteiger partial charge is 0.260 e. The summed E-state index contributed by atoms with van der Waals surface area (Å²) in [5.74, 6) is 1.08. The van der Waals surface area contributed by atoms with Crippen molar-refractivity contribution in [3.05, 3.63) is 23.8 Å². The van der Waals surface area contributed by atoms with Gasteiger partial charge in [-0.1, -0.05) is 19.1 Å². The molecule has 2 atom stereocenters. The van der Waals surface area contributed by atoms with Crippen LogP contribution in [-0.2, 0) is 11.2 Å². The van der Waals surface area contributed by atoms with Gasteiger partial charge in [-0.3, -0.25) is 4.79 Å². The van der Waals surface area contributed by atoms with Crippen molar-refractivity contribution in [1.82, 2.24) is 5.32 Å². The zero-order valence-corrected chi connectivity index (χ0v) is 13.3. The Labute approximate surface area is 126 Å². The van der Waals surface area contributed by atoms with E-state index in [9.17, 15) is 4.79 Å². The zero-order chi connectivity index (χ0) is 15.8. The second-order valence-corrected chi connectivity index (χ2v) is 5.18. The fourth-order valence-corrected chi connectivity index (χ4v) is 1.99. The van der Waals surface area contributed by atoms with E-state index in [1.165, 1.54) is 0 Å². The second-order valence-electron chi connectivity index (χ2n) is 5.18. The van der Waals surface area contributed by atoms with Gasteiger partial charge in [0.1, 0.15) is 0 Å². The maximum absolute atomic E-state index is 11.9. The monoisotopic (exact) mass is 294 g/mol. The number of methoxy groups -OCH3 is 1. The third-order valence-corrected chi connectivity index (χ3v) is 3.04. The summed E-state index contributed by atoms with van der Waals surface area (Å²) in [4.78, 5) is 11.9. The lowest BCUT2D eigenvalue weighted by molar-refractivity contribution is -0.127. The van der Waals surface area contributed by atoms with Crippen LogP contribution in [0.25, 0.3) is 0 Å². The first-order chi connectivity index (χ1) is 9.99. The summed E-state index contributed by atoms with van der Waals surface area (Å²) in [6.07, 6.45) is 0.971. The van der Waals surface area contributed by atoms with E-state index < -0.39 is 6.10 Å². The highest BCUT2D eigenvalue weighted by atomic mass is 16.5. The molecule has 0 fully saturated rings. The van der Waals surface area contributed by atoms with Crippen LogP contribution in [0.5, 0.6) is 11.5 Å². The van der Waals surface area contributed by atoms with Crippen LogP contribution in [0, 0.1) is 0 Å². The first-order valence-electron chi connectivity index (χ1n) is 7.35. The summed E-state index contributed by atoms with van der Waals surface area (Å²) < 4.78 is 11.2. The molecule has 118 valence electrons. The number of hydrogen-bond acceptors (Lipinski definition) is 4. The van der Waals surface area contributed by atoms with Crippen molar-refractivity contribution in [3.8, 4) is 11.5 Å². The highest BCUT2D eigenvalue weighted by Gasteiger charge is 2.19. The SMILES string of the molecule is CCCNC(=O)C(C)Oc1c(CC(C)N)cccc1OC. The molecule has 1 rings (SSSR count). The van der Waals surface area contributed by atoms with Gasteiger partial charge in [-0.15, -0.1) is 0 Å². The second kappa shape index (κ2) is 8.52. The van der Waals surface area contributed by atoms with Gasteiger partial charge < -0.3 is 20.5 Å². The molecule has 5 nitrogen and oxygen atoms in total. The molecule has 21 heavy (non-hydrogen) atoms. The summed E-state index contributed by atoms with van der Waals surface area (Å²) in [6, 6.07) is 5.66. The van der Waals surface area contributed by atoms with Crippen LogP contribution >= 0.6 is 0 Å². The molecule has 0 aromatic heterocycles. The van der Waals surface area contributed by atoms with Gasteiger partial charge in [-0.05, 0) is 38.3 Å². The van der Waals surface area contributed by atoms with E-state index in [0.717, 1.165) is 12.0 Å². The number of hydrogen-bond donors (Lipinski definition) is 2. The molecule has 0 heterocycles. The minimum atomic E-state index is -0.584. The van der Waals surface area contributed by atoms with Crippen molar-refractivity contribution >= 4 is 5.91 Å². The van der Waals surface area contributed by atoms with E-state index in [1.807, 2.05) is 32.0 Å². The van der Waals surface area contributed by atoms with Crippen molar-refractivity contribution in [1.29, 1.82) is 0 Å². The molecule has 0 radical (unpaired) electrons. The van der Waals surface area contributed by atoms with Gasteiger partial charge in [0.15, 0.2) is 17.6 Å². The fourth-order valence-electron chi connectivity index (χ4n) is 1.99. The fraction of sp³-hybridized carbons (Fsp3) is 0.562. The lowest BCUT2D eigenvalue weighted by Crippen LogP contribution is -2.37. The Morgan fingerprint density at radius 1 is 1.38 bits per heavy atom. The van der Waals surface area contributed by atoms with E-state index in [0.29, 0.717) is 24.5 Å². The molecule has 2 unspecified atom stereocenters. The normalized spacial score (nSPS) is 13.4. The predicted molar refractivity (Wildman–Crippen MR) is 83.7 cm³/mol. The summed E-state index contributed by atoms with van der Waals surface area (Å²) in [6.45, 7) is 6.31. The van der Waals surface area contributed by atoms with Crippen molar-refractivity contribution < 1.29 is 14.3 Å². The van der Waals surface area contributed by atoms with Crippen LogP contribution in [0.3, 0.4) is 0 Å². The molecule has 0 spiro atoms. The van der Waals surface area contributed by atoms with Gasteiger partial charge in [0.05, 0.1) is 7.11 Å². The highest BCUT2D eigenvalue weighted by molar-refractivity contribution is 5.80.